The molecule has 0 spiro atoms. The maximum absolute atomic E-state index is 14.5. The van der Waals surface area contributed by atoms with E-state index in [0.717, 1.165) is 27.8 Å². The third-order valence-corrected chi connectivity index (χ3v) is 6.23. The lowest BCUT2D eigenvalue weighted by Gasteiger charge is -2.25. The van der Waals surface area contributed by atoms with Gasteiger partial charge in [-0.25, -0.2) is 9.18 Å². The normalized spacial score (nSPS) is 12.7. The second-order valence-electron chi connectivity index (χ2n) is 6.91. The Bertz CT molecular complexity index is 1130. The number of rotatable bonds is 5. The molecule has 2 heterocycles. The van der Waals surface area contributed by atoms with Crippen molar-refractivity contribution in [2.45, 2.75) is 19.9 Å². The number of nitro benzene ring substituents is 1. The fraction of sp³-hybridized carbons (Fsp3) is 0.227. The van der Waals surface area contributed by atoms with Gasteiger partial charge < -0.3 is 9.64 Å². The number of esters is 1. The summed E-state index contributed by atoms with van der Waals surface area (Å²) in [5.41, 5.74) is 3.11. The van der Waals surface area contributed by atoms with Gasteiger partial charge in [0.1, 0.15) is 10.7 Å². The maximum Gasteiger partial charge on any atom is 0.348 e. The molecule has 4 rings (SSSR count). The molecule has 0 atom stereocenters. The Kier molecular flexibility index (Phi) is 5.50. The van der Waals surface area contributed by atoms with E-state index in [9.17, 15) is 19.3 Å². The number of carbonyl (C=O) groups is 1. The van der Waals surface area contributed by atoms with E-state index < -0.39 is 10.7 Å². The minimum atomic E-state index is -0.604. The molecule has 0 saturated heterocycles. The lowest BCUT2D eigenvalue weighted by molar-refractivity contribution is -0.385. The molecule has 30 heavy (non-hydrogen) atoms. The van der Waals surface area contributed by atoms with E-state index in [0.29, 0.717) is 36.6 Å². The molecule has 0 fully saturated rings. The first-order valence-corrected chi connectivity index (χ1v) is 10.4. The third-order valence-electron chi connectivity index (χ3n) is 5.03. The van der Waals surface area contributed by atoms with Crippen molar-refractivity contribution in [1.29, 1.82) is 0 Å². The lowest BCUT2D eigenvalue weighted by Crippen LogP contribution is -2.25. The van der Waals surface area contributed by atoms with Crippen LogP contribution in [0.15, 0.2) is 48.5 Å². The number of nitrogens with zero attached hydrogens (tertiary/aromatic N) is 2. The molecule has 0 amide bonds. The topological polar surface area (TPSA) is 72.7 Å². The van der Waals surface area contributed by atoms with Gasteiger partial charge >= 0.3 is 5.97 Å². The quantitative estimate of drug-likeness (QED) is 0.318. The number of anilines is 1. The summed E-state index contributed by atoms with van der Waals surface area (Å²) in [5.74, 6) is -0.914. The number of halogens is 1. The molecule has 0 aliphatic carbocycles. The monoisotopic (exact) mass is 426 g/mol. The number of benzene rings is 2. The van der Waals surface area contributed by atoms with Gasteiger partial charge in [-0.1, -0.05) is 18.2 Å². The molecule has 1 aliphatic heterocycles. The number of ether oxygens (including phenoxy) is 1. The van der Waals surface area contributed by atoms with Crippen LogP contribution in [0.25, 0.3) is 10.4 Å². The maximum atomic E-state index is 14.5. The molecule has 1 aromatic heterocycles. The van der Waals surface area contributed by atoms with Gasteiger partial charge in [0.05, 0.1) is 17.6 Å². The summed E-state index contributed by atoms with van der Waals surface area (Å²) in [7, 11) is 0. The average Bonchev–Trinajstić information content (AvgIpc) is 3.11. The summed E-state index contributed by atoms with van der Waals surface area (Å²) in [4.78, 5) is 26.1. The molecule has 1 aliphatic rings. The van der Waals surface area contributed by atoms with Gasteiger partial charge in [-0.05, 0) is 37.1 Å². The molecule has 154 valence electrons. The molecule has 0 radical (unpaired) electrons. The van der Waals surface area contributed by atoms with Gasteiger partial charge in [0, 0.05) is 40.8 Å². The van der Waals surface area contributed by atoms with Crippen LogP contribution in [0, 0.1) is 15.9 Å². The minimum absolute atomic E-state index is 0.263. The smallest absolute Gasteiger partial charge is 0.348 e. The molecule has 0 bridgehead atoms. The first-order valence-electron chi connectivity index (χ1n) is 9.55. The van der Waals surface area contributed by atoms with Crippen LogP contribution in [0.2, 0.25) is 0 Å². The Morgan fingerprint density at radius 3 is 2.80 bits per heavy atom. The molecule has 0 N–H and O–H groups in total. The van der Waals surface area contributed by atoms with Gasteiger partial charge in [-0.15, -0.1) is 11.3 Å². The Labute approximate surface area is 176 Å². The number of thiophene rings is 1. The van der Waals surface area contributed by atoms with Crippen LogP contribution >= 0.6 is 11.3 Å². The lowest BCUT2D eigenvalue weighted by atomic mass is 10.1. The van der Waals surface area contributed by atoms with Gasteiger partial charge in [-0.2, -0.15) is 0 Å². The summed E-state index contributed by atoms with van der Waals surface area (Å²) in [5, 5.41) is 10.9. The third kappa shape index (κ3) is 3.78. The standard InChI is InChI=1S/C22H19FN2O4S/c1-2-29-22(26)20-11-14-9-10-24(19-6-4-3-5-17(19)21(14)30-20)13-15-7-8-16(25(27)28)12-18(15)23/h3-8,11-12H,2,9-10,13H2,1H3. The van der Waals surface area contributed by atoms with Crippen LogP contribution in [0.1, 0.15) is 27.7 Å². The van der Waals surface area contributed by atoms with E-state index in [1.54, 1.807) is 6.92 Å². The van der Waals surface area contributed by atoms with E-state index in [4.69, 9.17) is 4.74 Å². The highest BCUT2D eigenvalue weighted by Crippen LogP contribution is 2.42. The number of fused-ring (bicyclic) bond motifs is 3. The first kappa shape index (κ1) is 20.0. The Morgan fingerprint density at radius 2 is 2.07 bits per heavy atom. The molecule has 8 heteroatoms. The summed E-state index contributed by atoms with van der Waals surface area (Å²) in [6.45, 7) is 3.02. The molecule has 3 aromatic rings. The molecule has 6 nitrogen and oxygen atoms in total. The average molecular weight is 426 g/mol. The van der Waals surface area contributed by atoms with Crippen molar-refractivity contribution in [3.8, 4) is 10.4 Å². The zero-order valence-corrected chi connectivity index (χ0v) is 17.1. The molecule has 2 aromatic carbocycles. The van der Waals surface area contributed by atoms with Crippen molar-refractivity contribution in [2.75, 3.05) is 18.1 Å². The number of para-hydroxylation sites is 1. The Balaban J connectivity index is 1.68. The predicted molar refractivity (Wildman–Crippen MR) is 114 cm³/mol. The highest BCUT2D eigenvalue weighted by Gasteiger charge is 2.25. The van der Waals surface area contributed by atoms with Crippen LogP contribution in [0.3, 0.4) is 0 Å². The number of nitro groups is 1. The first-order chi connectivity index (χ1) is 14.5. The Hall–Kier alpha value is -3.26. The van der Waals surface area contributed by atoms with Crippen LogP contribution in [-0.2, 0) is 17.7 Å². The zero-order chi connectivity index (χ0) is 21.3. The summed E-state index contributed by atoms with van der Waals surface area (Å²) in [6, 6.07) is 13.4. The molecular formula is C22H19FN2O4S. The molecule has 0 saturated carbocycles. The van der Waals surface area contributed by atoms with Crippen molar-refractivity contribution in [3.05, 3.63) is 80.5 Å². The molecular weight excluding hydrogens is 407 g/mol. The van der Waals surface area contributed by atoms with E-state index in [2.05, 4.69) is 4.90 Å². The summed E-state index contributed by atoms with van der Waals surface area (Å²) >= 11 is 1.41. The van der Waals surface area contributed by atoms with E-state index >= 15 is 0 Å². The van der Waals surface area contributed by atoms with E-state index in [-0.39, 0.29) is 11.7 Å². The summed E-state index contributed by atoms with van der Waals surface area (Å²) < 4.78 is 19.6. The largest absolute Gasteiger partial charge is 0.462 e. The number of hydrogen-bond acceptors (Lipinski definition) is 6. The number of hydrogen-bond donors (Lipinski definition) is 0. The Morgan fingerprint density at radius 1 is 1.27 bits per heavy atom. The summed E-state index contributed by atoms with van der Waals surface area (Å²) in [6.07, 6.45) is 0.689. The fourth-order valence-corrected chi connectivity index (χ4v) is 4.75. The minimum Gasteiger partial charge on any atom is -0.462 e. The predicted octanol–water partition coefficient (Wildman–Crippen LogP) is 5.20. The second kappa shape index (κ2) is 8.23. The van der Waals surface area contributed by atoms with Crippen molar-refractivity contribution in [3.63, 3.8) is 0 Å². The van der Waals surface area contributed by atoms with E-state index in [1.165, 1.54) is 23.5 Å². The van der Waals surface area contributed by atoms with Crippen molar-refractivity contribution < 1.29 is 18.8 Å². The number of carbonyl (C=O) groups excluding carboxylic acids is 1. The van der Waals surface area contributed by atoms with E-state index in [1.807, 2.05) is 30.3 Å². The van der Waals surface area contributed by atoms with Gasteiger partial charge in [0.15, 0.2) is 0 Å². The van der Waals surface area contributed by atoms with Gasteiger partial charge in [0.25, 0.3) is 5.69 Å². The van der Waals surface area contributed by atoms with Crippen LogP contribution in [0.5, 0.6) is 0 Å². The van der Waals surface area contributed by atoms with Crippen molar-refractivity contribution in [2.24, 2.45) is 0 Å². The number of non-ortho nitro benzene ring substituents is 1. The fourth-order valence-electron chi connectivity index (χ4n) is 3.61. The highest BCUT2D eigenvalue weighted by atomic mass is 32.1. The van der Waals surface area contributed by atoms with Gasteiger partial charge in [0.2, 0.25) is 0 Å². The van der Waals surface area contributed by atoms with Crippen molar-refractivity contribution in [1.82, 2.24) is 0 Å². The van der Waals surface area contributed by atoms with Crippen LogP contribution in [-0.4, -0.2) is 24.0 Å². The SMILES string of the molecule is CCOC(=O)c1cc2c(s1)-c1ccccc1N(Cc1ccc([N+](=O)[O-])cc1F)CC2. The van der Waals surface area contributed by atoms with Gasteiger partial charge in [-0.3, -0.25) is 10.1 Å². The molecule has 0 unspecified atom stereocenters. The highest BCUT2D eigenvalue weighted by molar-refractivity contribution is 7.17. The zero-order valence-electron chi connectivity index (χ0n) is 16.3. The van der Waals surface area contributed by atoms with Crippen LogP contribution in [0.4, 0.5) is 15.8 Å². The van der Waals surface area contributed by atoms with Crippen LogP contribution < -0.4 is 4.90 Å². The second-order valence-corrected chi connectivity index (χ2v) is 7.96. The van der Waals surface area contributed by atoms with Crippen molar-refractivity contribution >= 4 is 28.7 Å².